The van der Waals surface area contributed by atoms with Crippen LogP contribution in [0.4, 0.5) is 0 Å². The molecule has 289 valence electrons. The molecule has 8 aromatic rings. The smallest absolute Gasteiger partial charge is 0.184 e. The first-order valence-corrected chi connectivity index (χ1v) is 21.4. The van der Waals surface area contributed by atoms with Crippen molar-refractivity contribution in [3.63, 3.8) is 0 Å². The number of benzene rings is 6. The van der Waals surface area contributed by atoms with Gasteiger partial charge in [-0.25, -0.2) is 0 Å². The van der Waals surface area contributed by atoms with Gasteiger partial charge in [-0.05, 0) is 96.9 Å². The molecule has 0 N–H and O–H groups in total. The maximum absolute atomic E-state index is 3.31. The van der Waals surface area contributed by atoms with Crippen molar-refractivity contribution >= 4 is 41.4 Å². The number of hydrogen-bond donors (Lipinski definition) is 0. The van der Waals surface area contributed by atoms with E-state index in [2.05, 4.69) is 210 Å². The van der Waals surface area contributed by atoms with Gasteiger partial charge in [-0.2, -0.15) is 41.6 Å². The fourth-order valence-electron chi connectivity index (χ4n) is 8.03. The Labute approximate surface area is 370 Å². The molecule has 3 radical (unpaired) electrons. The summed E-state index contributed by atoms with van der Waals surface area (Å²) >= 11 is 0. The minimum Gasteiger partial charge on any atom is -0.184 e. The minimum absolute atomic E-state index is 0. The Kier molecular flexibility index (Phi) is 12.7. The van der Waals surface area contributed by atoms with E-state index in [9.17, 15) is 0 Å². The quantitative estimate of drug-likeness (QED) is 0.120. The van der Waals surface area contributed by atoms with Crippen molar-refractivity contribution in [2.24, 2.45) is 0 Å². The molecule has 8 aromatic carbocycles. The third-order valence-electron chi connectivity index (χ3n) is 12.3. The molecule has 0 bridgehead atoms. The number of fused-ring (bicyclic) bond motifs is 5. The molecule has 0 unspecified atom stereocenters. The van der Waals surface area contributed by atoms with E-state index in [1.54, 1.807) is 0 Å². The first-order valence-electron chi connectivity index (χ1n) is 20.4. The molecule has 0 fully saturated rings. The number of hydrogen-bond acceptors (Lipinski definition) is 0. The van der Waals surface area contributed by atoms with Gasteiger partial charge in [0.1, 0.15) is 0 Å². The third-order valence-corrected chi connectivity index (χ3v) is 13.6. The van der Waals surface area contributed by atoms with Crippen LogP contribution in [-0.4, -0.2) is 9.52 Å². The topological polar surface area (TPSA) is 0 Å². The van der Waals surface area contributed by atoms with Crippen LogP contribution in [0.3, 0.4) is 0 Å². The molecule has 9 rings (SSSR count). The van der Waals surface area contributed by atoms with Gasteiger partial charge in [-0.3, -0.25) is 0 Å². The Balaban J connectivity index is 0.000000150. The van der Waals surface area contributed by atoms with Gasteiger partial charge >= 0.3 is 26.2 Å². The standard InChI is InChI=1S/2C22H25.C12H7Si.Zr/c2*1-14-10-11-19(16(3)15(14)2)20-9-7-8-17-12-18(13-21(17)20)22(4,5)6;1-3-7-11-9(5-1)10-6-2-4-8-12(10)13-11;/h2*7-13H,1-6H3;1-7H;/q3*-1;+3. The second kappa shape index (κ2) is 17.1. The van der Waals surface area contributed by atoms with Crippen LogP contribution in [0.25, 0.3) is 54.9 Å². The van der Waals surface area contributed by atoms with Crippen molar-refractivity contribution in [1.82, 2.24) is 0 Å². The van der Waals surface area contributed by atoms with Gasteiger partial charge in [0.05, 0.1) is 9.52 Å². The number of aryl methyl sites for hydroxylation is 2. The van der Waals surface area contributed by atoms with Crippen molar-refractivity contribution < 1.29 is 26.2 Å². The summed E-state index contributed by atoms with van der Waals surface area (Å²) in [4.78, 5) is 0. The van der Waals surface area contributed by atoms with Gasteiger partial charge < -0.3 is 0 Å². The largest absolute Gasteiger partial charge is 3.00 e. The Morgan fingerprint density at radius 1 is 0.448 bits per heavy atom. The number of rotatable bonds is 2. The predicted molar refractivity (Wildman–Crippen MR) is 252 cm³/mol. The van der Waals surface area contributed by atoms with Crippen LogP contribution in [-0.2, 0) is 37.0 Å². The molecule has 0 atom stereocenters. The van der Waals surface area contributed by atoms with Crippen molar-refractivity contribution in [1.29, 1.82) is 0 Å². The summed E-state index contributed by atoms with van der Waals surface area (Å²) in [6.45, 7) is 27.0. The summed E-state index contributed by atoms with van der Waals surface area (Å²) in [6.07, 6.45) is 0. The summed E-state index contributed by atoms with van der Waals surface area (Å²) in [5.74, 6) is 0. The summed E-state index contributed by atoms with van der Waals surface area (Å²) in [7, 11) is 0.795. The minimum atomic E-state index is 0. The zero-order chi connectivity index (χ0) is 40.8. The molecule has 58 heavy (non-hydrogen) atoms. The van der Waals surface area contributed by atoms with E-state index in [0.29, 0.717) is 0 Å². The van der Waals surface area contributed by atoms with Gasteiger partial charge in [-0.1, -0.05) is 124 Å². The Morgan fingerprint density at radius 3 is 1.38 bits per heavy atom. The zero-order valence-electron chi connectivity index (χ0n) is 36.6. The summed E-state index contributed by atoms with van der Waals surface area (Å²) in [6, 6.07) is 50.0. The summed E-state index contributed by atoms with van der Waals surface area (Å²) < 4.78 is 0. The molecular formula is C56H57SiZr. The first kappa shape index (κ1) is 43.2. The van der Waals surface area contributed by atoms with Crippen molar-refractivity contribution in [3.05, 3.63) is 178 Å². The Bertz CT molecular complexity index is 2550. The average molecular weight is 849 g/mol. The van der Waals surface area contributed by atoms with E-state index in [1.807, 2.05) is 6.07 Å². The maximum Gasteiger partial charge on any atom is 3.00 e. The van der Waals surface area contributed by atoms with E-state index >= 15 is 0 Å². The average Bonchev–Trinajstić information content (AvgIpc) is 3.93. The van der Waals surface area contributed by atoms with Gasteiger partial charge in [-0.15, -0.1) is 74.6 Å². The van der Waals surface area contributed by atoms with E-state index in [0.717, 1.165) is 9.52 Å². The maximum atomic E-state index is 3.31. The summed E-state index contributed by atoms with van der Waals surface area (Å²) in [5, 5.41) is 8.27. The monoisotopic (exact) mass is 847 g/mol. The Hall–Kier alpha value is -4.36. The normalized spacial score (nSPS) is 11.9. The SMILES string of the molecule is Cc1ccc(-c2cccc3[cH-]c(C(C)(C)C)cc23)c(C)c1C.Cc1ccc(-c2cccc3[cH-]c(C(C)(C)C)cc23)c(C)c1C.[Zr+3].[c-]1cccc2c1[Si]c1ccccc1-2. The van der Waals surface area contributed by atoms with Crippen molar-refractivity contribution in [3.8, 4) is 33.4 Å². The van der Waals surface area contributed by atoms with Gasteiger partial charge in [0.2, 0.25) is 0 Å². The van der Waals surface area contributed by atoms with Crippen LogP contribution >= 0.6 is 0 Å². The van der Waals surface area contributed by atoms with Crippen LogP contribution in [0.1, 0.15) is 86.1 Å². The zero-order valence-corrected chi connectivity index (χ0v) is 40.1. The fraction of sp³-hybridized carbons (Fsp3) is 0.250. The second-order valence-electron chi connectivity index (χ2n) is 18.1. The van der Waals surface area contributed by atoms with Gasteiger partial charge in [0.25, 0.3) is 0 Å². The van der Waals surface area contributed by atoms with Gasteiger partial charge in [0.15, 0.2) is 0 Å². The van der Waals surface area contributed by atoms with Gasteiger partial charge in [0, 0.05) is 0 Å². The molecule has 1 heterocycles. The van der Waals surface area contributed by atoms with Crippen LogP contribution in [0.2, 0.25) is 0 Å². The molecule has 0 nitrogen and oxygen atoms in total. The second-order valence-corrected chi connectivity index (χ2v) is 19.4. The van der Waals surface area contributed by atoms with Crippen molar-refractivity contribution in [2.75, 3.05) is 0 Å². The Morgan fingerprint density at radius 2 is 0.897 bits per heavy atom. The third kappa shape index (κ3) is 8.66. The van der Waals surface area contributed by atoms with E-state index < -0.39 is 0 Å². The molecule has 0 aromatic heterocycles. The van der Waals surface area contributed by atoms with Crippen LogP contribution in [0.15, 0.2) is 127 Å². The van der Waals surface area contributed by atoms with E-state index in [1.165, 1.54) is 110 Å². The molecule has 0 spiro atoms. The molecule has 1 aliphatic rings. The predicted octanol–water partition coefficient (Wildman–Crippen LogP) is 14.0. The first-order chi connectivity index (χ1) is 27.0. The van der Waals surface area contributed by atoms with Crippen LogP contribution in [0.5, 0.6) is 0 Å². The van der Waals surface area contributed by atoms with Crippen LogP contribution in [0, 0.1) is 47.6 Å². The molecule has 1 aliphatic heterocycles. The van der Waals surface area contributed by atoms with E-state index in [-0.39, 0.29) is 37.0 Å². The molecule has 0 saturated heterocycles. The molecular weight excluding hydrogens is 792 g/mol. The molecule has 0 amide bonds. The molecule has 0 aliphatic carbocycles. The molecule has 0 saturated carbocycles. The van der Waals surface area contributed by atoms with Crippen LogP contribution < -0.4 is 10.4 Å². The fourth-order valence-corrected chi connectivity index (χ4v) is 9.34. The summed E-state index contributed by atoms with van der Waals surface area (Å²) in [5.41, 5.74) is 19.7. The molecule has 2 heteroatoms. The van der Waals surface area contributed by atoms with Crippen molar-refractivity contribution in [2.45, 2.75) is 93.9 Å². The van der Waals surface area contributed by atoms with E-state index in [4.69, 9.17) is 0 Å².